The van der Waals surface area contributed by atoms with Gasteiger partial charge in [0.15, 0.2) is 5.82 Å². The average molecular weight is 311 g/mol. The van der Waals surface area contributed by atoms with Gasteiger partial charge in [-0.2, -0.15) is 5.10 Å². The number of nitrogens with one attached hydrogen (secondary N) is 1. The number of ether oxygens (including phenoxy) is 1. The lowest BCUT2D eigenvalue weighted by atomic mass is 10.2. The summed E-state index contributed by atoms with van der Waals surface area (Å²) in [6.07, 6.45) is 1.52. The highest BCUT2D eigenvalue weighted by atomic mass is 79.9. The van der Waals surface area contributed by atoms with E-state index in [1.54, 1.807) is 4.68 Å². The Hall–Kier alpha value is -1.40. The number of para-hydroxylation sites is 1. The number of hydrogen-bond donors (Lipinski definition) is 1. The van der Waals surface area contributed by atoms with Crippen molar-refractivity contribution in [3.8, 4) is 5.75 Å². The van der Waals surface area contributed by atoms with Gasteiger partial charge in [-0.05, 0) is 29.0 Å². The van der Waals surface area contributed by atoms with Crippen molar-refractivity contribution in [2.24, 2.45) is 7.05 Å². The predicted octanol–water partition coefficient (Wildman–Crippen LogP) is 1.88. The molecular weight excluding hydrogens is 296 g/mol. The second-order valence-corrected chi connectivity index (χ2v) is 4.70. The summed E-state index contributed by atoms with van der Waals surface area (Å²) in [6.45, 7) is 1.16. The second-order valence-electron chi connectivity index (χ2n) is 3.85. The lowest BCUT2D eigenvalue weighted by Gasteiger charge is -2.12. The molecule has 0 bridgehead atoms. The first-order chi connectivity index (χ1) is 8.72. The van der Waals surface area contributed by atoms with Crippen LogP contribution in [0.3, 0.4) is 0 Å². The molecule has 0 atom stereocenters. The van der Waals surface area contributed by atoms with Crippen LogP contribution in [-0.2, 0) is 20.2 Å². The second kappa shape index (κ2) is 5.97. The van der Waals surface area contributed by atoms with Crippen LogP contribution in [0, 0.1) is 0 Å². The molecule has 0 fully saturated rings. The Morgan fingerprint density at radius 2 is 2.28 bits per heavy atom. The Balaban J connectivity index is 2.15. The summed E-state index contributed by atoms with van der Waals surface area (Å²) >= 11 is 3.50. The molecule has 1 aromatic heterocycles. The van der Waals surface area contributed by atoms with Gasteiger partial charge in [0.25, 0.3) is 0 Å². The largest absolute Gasteiger partial charge is 0.484 e. The first-order valence-corrected chi connectivity index (χ1v) is 6.39. The van der Waals surface area contributed by atoms with Crippen LogP contribution in [0.5, 0.6) is 5.75 Å². The summed E-state index contributed by atoms with van der Waals surface area (Å²) < 4.78 is 8.48. The van der Waals surface area contributed by atoms with Crippen LogP contribution in [0.15, 0.2) is 29.0 Å². The monoisotopic (exact) mass is 310 g/mol. The van der Waals surface area contributed by atoms with Crippen LogP contribution in [-0.4, -0.2) is 21.8 Å². The fourth-order valence-electron chi connectivity index (χ4n) is 1.63. The van der Waals surface area contributed by atoms with E-state index in [4.69, 9.17) is 4.74 Å². The normalized spacial score (nSPS) is 10.6. The van der Waals surface area contributed by atoms with E-state index in [0.29, 0.717) is 6.61 Å². The highest BCUT2D eigenvalue weighted by molar-refractivity contribution is 9.10. The molecule has 0 spiro atoms. The molecule has 1 aromatic carbocycles. The lowest BCUT2D eigenvalue weighted by Crippen LogP contribution is -2.09. The van der Waals surface area contributed by atoms with Crippen molar-refractivity contribution in [2.45, 2.75) is 13.2 Å². The summed E-state index contributed by atoms with van der Waals surface area (Å²) in [6, 6.07) is 5.99. The Morgan fingerprint density at radius 3 is 2.94 bits per heavy atom. The molecule has 5 nitrogen and oxygen atoms in total. The third kappa shape index (κ3) is 2.88. The van der Waals surface area contributed by atoms with Gasteiger partial charge in [-0.25, -0.2) is 4.98 Å². The molecule has 0 unspecified atom stereocenters. The molecule has 96 valence electrons. The standard InChI is InChI=1S/C12H15BrN4O/c1-14-6-9-4-3-5-10(13)12(9)18-7-11-15-8-16-17(11)2/h3-5,8,14H,6-7H2,1-2H3. The Labute approximate surface area is 114 Å². The van der Waals surface area contributed by atoms with Crippen LogP contribution >= 0.6 is 15.9 Å². The van der Waals surface area contributed by atoms with Crippen molar-refractivity contribution in [3.05, 3.63) is 40.4 Å². The van der Waals surface area contributed by atoms with Crippen molar-refractivity contribution >= 4 is 15.9 Å². The summed E-state index contributed by atoms with van der Waals surface area (Å²) in [5, 5.41) is 7.13. The Morgan fingerprint density at radius 1 is 1.44 bits per heavy atom. The smallest absolute Gasteiger partial charge is 0.164 e. The van der Waals surface area contributed by atoms with Gasteiger partial charge >= 0.3 is 0 Å². The summed E-state index contributed by atoms with van der Waals surface area (Å²) in [4.78, 5) is 4.13. The number of rotatable bonds is 5. The highest BCUT2D eigenvalue weighted by Gasteiger charge is 2.09. The van der Waals surface area contributed by atoms with Crippen molar-refractivity contribution in [1.29, 1.82) is 0 Å². The van der Waals surface area contributed by atoms with E-state index >= 15 is 0 Å². The third-order valence-corrected chi connectivity index (χ3v) is 3.19. The maximum absolute atomic E-state index is 5.84. The van der Waals surface area contributed by atoms with Crippen molar-refractivity contribution in [1.82, 2.24) is 20.1 Å². The van der Waals surface area contributed by atoms with Gasteiger partial charge in [-0.1, -0.05) is 12.1 Å². The fourth-order valence-corrected chi connectivity index (χ4v) is 2.15. The molecule has 0 aliphatic heterocycles. The fraction of sp³-hybridized carbons (Fsp3) is 0.333. The minimum Gasteiger partial charge on any atom is -0.484 e. The quantitative estimate of drug-likeness (QED) is 0.916. The van der Waals surface area contributed by atoms with Gasteiger partial charge in [0.1, 0.15) is 18.7 Å². The third-order valence-electron chi connectivity index (χ3n) is 2.57. The van der Waals surface area contributed by atoms with Gasteiger partial charge in [-0.3, -0.25) is 4.68 Å². The van der Waals surface area contributed by atoms with Crippen LogP contribution in [0.2, 0.25) is 0 Å². The van der Waals surface area contributed by atoms with E-state index in [1.165, 1.54) is 6.33 Å². The Bertz CT molecular complexity index is 527. The molecule has 1 heterocycles. The van der Waals surface area contributed by atoms with Crippen LogP contribution < -0.4 is 10.1 Å². The molecule has 0 radical (unpaired) electrons. The Kier molecular flexibility index (Phi) is 4.33. The van der Waals surface area contributed by atoms with Crippen molar-refractivity contribution < 1.29 is 4.74 Å². The van der Waals surface area contributed by atoms with Gasteiger partial charge in [0.05, 0.1) is 4.47 Å². The zero-order valence-electron chi connectivity index (χ0n) is 10.4. The molecule has 0 saturated heterocycles. The summed E-state index contributed by atoms with van der Waals surface area (Å²) in [5.74, 6) is 1.64. The van der Waals surface area contributed by atoms with E-state index in [-0.39, 0.29) is 0 Å². The van der Waals surface area contributed by atoms with E-state index in [9.17, 15) is 0 Å². The number of nitrogens with zero attached hydrogens (tertiary/aromatic N) is 3. The topological polar surface area (TPSA) is 52.0 Å². The molecule has 18 heavy (non-hydrogen) atoms. The van der Waals surface area contributed by atoms with Gasteiger partial charge in [0, 0.05) is 19.2 Å². The van der Waals surface area contributed by atoms with E-state index in [0.717, 1.165) is 28.2 Å². The van der Waals surface area contributed by atoms with Crippen LogP contribution in [0.1, 0.15) is 11.4 Å². The maximum Gasteiger partial charge on any atom is 0.164 e. The lowest BCUT2D eigenvalue weighted by molar-refractivity contribution is 0.284. The van der Waals surface area contributed by atoms with Crippen LogP contribution in [0.4, 0.5) is 0 Å². The van der Waals surface area contributed by atoms with Crippen LogP contribution in [0.25, 0.3) is 0 Å². The predicted molar refractivity (Wildman–Crippen MR) is 72.2 cm³/mol. The summed E-state index contributed by atoms with van der Waals surface area (Å²) in [7, 11) is 3.76. The van der Waals surface area contributed by atoms with Crippen molar-refractivity contribution in [3.63, 3.8) is 0 Å². The molecular formula is C12H15BrN4O. The average Bonchev–Trinajstić information content (AvgIpc) is 2.75. The van der Waals surface area contributed by atoms with Crippen molar-refractivity contribution in [2.75, 3.05) is 7.05 Å². The number of aryl methyl sites for hydroxylation is 1. The molecule has 1 N–H and O–H groups in total. The molecule has 2 rings (SSSR count). The molecule has 6 heteroatoms. The highest BCUT2D eigenvalue weighted by Crippen LogP contribution is 2.29. The first kappa shape index (κ1) is 13.0. The number of halogens is 1. The van der Waals surface area contributed by atoms with Gasteiger partial charge < -0.3 is 10.1 Å². The molecule has 0 amide bonds. The number of aromatic nitrogens is 3. The zero-order chi connectivity index (χ0) is 13.0. The van der Waals surface area contributed by atoms with E-state index < -0.39 is 0 Å². The maximum atomic E-state index is 5.84. The minimum absolute atomic E-state index is 0.399. The van der Waals surface area contributed by atoms with Gasteiger partial charge in [-0.15, -0.1) is 0 Å². The minimum atomic E-state index is 0.399. The molecule has 0 aliphatic rings. The van der Waals surface area contributed by atoms with Gasteiger partial charge in [0.2, 0.25) is 0 Å². The first-order valence-electron chi connectivity index (χ1n) is 5.60. The number of benzene rings is 1. The SMILES string of the molecule is CNCc1cccc(Br)c1OCc1ncnn1C. The zero-order valence-corrected chi connectivity index (χ0v) is 11.9. The molecule has 0 aliphatic carbocycles. The summed E-state index contributed by atoms with van der Waals surface area (Å²) in [5.41, 5.74) is 1.11. The molecule has 2 aromatic rings. The van der Waals surface area contributed by atoms with E-state index in [2.05, 4.69) is 31.3 Å². The molecule has 0 saturated carbocycles. The number of hydrogen-bond acceptors (Lipinski definition) is 4. The van der Waals surface area contributed by atoms with E-state index in [1.807, 2.05) is 32.3 Å².